The minimum Gasteiger partial charge on any atom is -0.492 e. The van der Waals surface area contributed by atoms with Crippen molar-refractivity contribution in [3.63, 3.8) is 0 Å². The Hall–Kier alpha value is -2.69. The average Bonchev–Trinajstić information content (AvgIpc) is 2.77. The predicted octanol–water partition coefficient (Wildman–Crippen LogP) is 4.00. The van der Waals surface area contributed by atoms with E-state index in [2.05, 4.69) is 0 Å². The minimum absolute atomic E-state index is 0. The number of carbonyl (C=O) groups excluding carboxylic acids is 1. The Morgan fingerprint density at radius 3 is 2.49 bits per heavy atom. The number of halogens is 2. The molecule has 2 aromatic carbocycles. The zero-order valence-corrected chi connectivity index (χ0v) is 21.8. The summed E-state index contributed by atoms with van der Waals surface area (Å²) in [4.78, 5) is 14.2. The number of likely N-dealkylation sites (tertiary alicyclic amines) is 1. The second-order valence-corrected chi connectivity index (χ2v) is 9.85. The van der Waals surface area contributed by atoms with E-state index in [0.717, 1.165) is 12.8 Å². The van der Waals surface area contributed by atoms with E-state index in [4.69, 9.17) is 36.4 Å². The van der Waals surface area contributed by atoms with Gasteiger partial charge in [-0.3, -0.25) is 5.41 Å². The number of nitrogens with zero attached hydrogens (tertiary/aromatic N) is 1. The molecule has 0 atom stereocenters. The van der Waals surface area contributed by atoms with Gasteiger partial charge in [-0.2, -0.15) is 8.42 Å². The Labute approximate surface area is 216 Å². The van der Waals surface area contributed by atoms with Gasteiger partial charge in [-0.1, -0.05) is 23.7 Å². The van der Waals surface area contributed by atoms with Gasteiger partial charge in [0.15, 0.2) is 5.96 Å². The summed E-state index contributed by atoms with van der Waals surface area (Å²) in [6.45, 7) is 5.13. The standard InChI is InChI=1S/C23H28ClN3O6S.ClH/c1-3-31-22(28)21-15(2)12-17(33-34(29,30)20-7-5-4-6-18(20)24)13-19(21)32-14-16-8-10-27(11-9-16)23(25)26;/h4-7,12-13,16H,3,8-11,14H2,1-2H3,(H3,25,26);1H. The third-order valence-corrected chi connectivity index (χ3v) is 7.24. The van der Waals surface area contributed by atoms with Gasteiger partial charge < -0.3 is 24.3 Å². The van der Waals surface area contributed by atoms with Crippen molar-refractivity contribution in [1.29, 1.82) is 5.41 Å². The van der Waals surface area contributed by atoms with E-state index >= 15 is 0 Å². The van der Waals surface area contributed by atoms with Crippen LogP contribution in [0.4, 0.5) is 0 Å². The number of hydrogen-bond acceptors (Lipinski definition) is 7. The van der Waals surface area contributed by atoms with Crippen LogP contribution in [0.15, 0.2) is 41.3 Å². The number of nitrogens with one attached hydrogen (secondary N) is 1. The molecule has 3 N–H and O–H groups in total. The topological polar surface area (TPSA) is 132 Å². The molecule has 0 unspecified atom stereocenters. The predicted molar refractivity (Wildman–Crippen MR) is 135 cm³/mol. The molecule has 1 heterocycles. The quantitative estimate of drug-likeness (QED) is 0.220. The fourth-order valence-corrected chi connectivity index (χ4v) is 5.13. The molecule has 1 aliphatic rings. The fourth-order valence-electron chi connectivity index (χ4n) is 3.72. The molecule has 9 nitrogen and oxygen atoms in total. The lowest BCUT2D eigenvalue weighted by Crippen LogP contribution is -2.43. The third kappa shape index (κ3) is 7.16. The SMILES string of the molecule is CCOC(=O)c1c(C)cc(OS(=O)(=O)c2ccccc2Cl)cc1OCC1CCN(C(=N)N)CC1.Cl. The van der Waals surface area contributed by atoms with Crippen LogP contribution in [0.1, 0.15) is 35.7 Å². The lowest BCUT2D eigenvalue weighted by molar-refractivity contribution is 0.0519. The monoisotopic (exact) mass is 545 g/mol. The smallest absolute Gasteiger partial charge is 0.342 e. The van der Waals surface area contributed by atoms with Crippen LogP contribution in [-0.2, 0) is 14.9 Å². The third-order valence-electron chi connectivity index (χ3n) is 5.49. The first kappa shape index (κ1) is 28.5. The van der Waals surface area contributed by atoms with Gasteiger partial charge in [0, 0.05) is 19.2 Å². The van der Waals surface area contributed by atoms with Crippen molar-refractivity contribution >= 4 is 46.1 Å². The van der Waals surface area contributed by atoms with Crippen molar-refractivity contribution in [2.75, 3.05) is 26.3 Å². The maximum atomic E-state index is 12.8. The molecule has 1 aliphatic heterocycles. The molecule has 2 aromatic rings. The van der Waals surface area contributed by atoms with Crippen LogP contribution in [0.25, 0.3) is 0 Å². The van der Waals surface area contributed by atoms with Crippen LogP contribution in [0.5, 0.6) is 11.5 Å². The second kappa shape index (κ2) is 12.3. The van der Waals surface area contributed by atoms with E-state index in [9.17, 15) is 13.2 Å². The summed E-state index contributed by atoms with van der Waals surface area (Å²) in [6.07, 6.45) is 1.54. The minimum atomic E-state index is -4.21. The number of piperidine rings is 1. The average molecular weight is 546 g/mol. The Bertz CT molecular complexity index is 1170. The summed E-state index contributed by atoms with van der Waals surface area (Å²) in [5.41, 5.74) is 6.21. The molecular weight excluding hydrogens is 517 g/mol. The van der Waals surface area contributed by atoms with Crippen molar-refractivity contribution in [2.45, 2.75) is 31.6 Å². The van der Waals surface area contributed by atoms with Gasteiger partial charge in [0.1, 0.15) is 22.0 Å². The van der Waals surface area contributed by atoms with Gasteiger partial charge in [-0.15, -0.1) is 12.4 Å². The Kier molecular flexibility index (Phi) is 10.1. The number of hydrogen-bond donors (Lipinski definition) is 2. The van der Waals surface area contributed by atoms with Gasteiger partial charge in [-0.25, -0.2) is 4.79 Å². The maximum absolute atomic E-state index is 12.8. The number of rotatable bonds is 8. The van der Waals surface area contributed by atoms with Crippen molar-refractivity contribution in [2.24, 2.45) is 11.7 Å². The summed E-state index contributed by atoms with van der Waals surface area (Å²) in [5.74, 6) is -0.169. The van der Waals surface area contributed by atoms with Crippen LogP contribution < -0.4 is 14.7 Å². The molecule has 192 valence electrons. The molecule has 0 spiro atoms. The van der Waals surface area contributed by atoms with Crippen LogP contribution in [0.3, 0.4) is 0 Å². The van der Waals surface area contributed by atoms with Gasteiger partial charge in [-0.05, 0) is 56.4 Å². The normalized spacial score (nSPS) is 14.1. The first-order chi connectivity index (χ1) is 16.1. The van der Waals surface area contributed by atoms with Crippen molar-refractivity contribution in [3.8, 4) is 11.5 Å². The van der Waals surface area contributed by atoms with Gasteiger partial charge in [0.05, 0.1) is 18.2 Å². The molecule has 0 saturated carbocycles. The molecule has 0 aliphatic carbocycles. The number of carbonyl (C=O) groups is 1. The van der Waals surface area contributed by atoms with Crippen LogP contribution in [0, 0.1) is 18.3 Å². The number of benzene rings is 2. The highest BCUT2D eigenvalue weighted by Crippen LogP contribution is 2.33. The first-order valence-corrected chi connectivity index (χ1v) is 12.6. The Morgan fingerprint density at radius 1 is 1.23 bits per heavy atom. The van der Waals surface area contributed by atoms with Crippen LogP contribution in [0.2, 0.25) is 5.02 Å². The lowest BCUT2D eigenvalue weighted by Gasteiger charge is -2.32. The van der Waals surface area contributed by atoms with Crippen molar-refractivity contribution in [3.05, 3.63) is 52.5 Å². The number of esters is 1. The zero-order chi connectivity index (χ0) is 24.9. The maximum Gasteiger partial charge on any atom is 0.342 e. The largest absolute Gasteiger partial charge is 0.492 e. The van der Waals surface area contributed by atoms with E-state index in [1.807, 2.05) is 0 Å². The first-order valence-electron chi connectivity index (χ1n) is 10.8. The highest BCUT2D eigenvalue weighted by Gasteiger charge is 2.25. The number of nitrogens with two attached hydrogens (primary N) is 1. The molecule has 0 radical (unpaired) electrons. The summed E-state index contributed by atoms with van der Waals surface area (Å²) < 4.78 is 42.1. The summed E-state index contributed by atoms with van der Waals surface area (Å²) >= 11 is 6.04. The lowest BCUT2D eigenvalue weighted by atomic mass is 9.98. The summed E-state index contributed by atoms with van der Waals surface area (Å²) in [7, 11) is -4.21. The van der Waals surface area contributed by atoms with Crippen molar-refractivity contribution < 1.29 is 26.9 Å². The van der Waals surface area contributed by atoms with E-state index in [1.54, 1.807) is 30.9 Å². The molecule has 3 rings (SSSR count). The van der Waals surface area contributed by atoms with Crippen LogP contribution >= 0.6 is 24.0 Å². The highest BCUT2D eigenvalue weighted by molar-refractivity contribution is 7.87. The van der Waals surface area contributed by atoms with E-state index in [-0.39, 0.29) is 57.9 Å². The van der Waals surface area contributed by atoms with Crippen molar-refractivity contribution in [1.82, 2.24) is 4.90 Å². The molecule has 35 heavy (non-hydrogen) atoms. The van der Waals surface area contributed by atoms with Gasteiger partial charge >= 0.3 is 16.1 Å². The van der Waals surface area contributed by atoms with E-state index in [1.165, 1.54) is 24.3 Å². The number of guanidine groups is 1. The second-order valence-electron chi connectivity index (χ2n) is 7.93. The molecule has 0 bridgehead atoms. The molecule has 0 amide bonds. The molecule has 1 fully saturated rings. The molecule has 0 aromatic heterocycles. The van der Waals surface area contributed by atoms with Crippen LogP contribution in [-0.4, -0.2) is 51.5 Å². The highest BCUT2D eigenvalue weighted by atomic mass is 35.5. The fraction of sp³-hybridized carbons (Fsp3) is 0.391. The summed E-state index contributed by atoms with van der Waals surface area (Å²) in [5, 5.41) is 7.59. The zero-order valence-electron chi connectivity index (χ0n) is 19.5. The van der Waals surface area contributed by atoms with Gasteiger partial charge in [0.25, 0.3) is 0 Å². The number of ether oxygens (including phenoxy) is 2. The Balaban J connectivity index is 0.00000432. The van der Waals surface area contributed by atoms with E-state index < -0.39 is 16.1 Å². The van der Waals surface area contributed by atoms with E-state index in [0.29, 0.717) is 25.3 Å². The molecular formula is C23H29Cl2N3O6S. The summed E-state index contributed by atoms with van der Waals surface area (Å²) in [6, 6.07) is 8.79. The van der Waals surface area contributed by atoms with Gasteiger partial charge in [0.2, 0.25) is 0 Å². The molecule has 1 saturated heterocycles. The Morgan fingerprint density at radius 2 is 1.89 bits per heavy atom. The molecule has 12 heteroatoms. The number of aryl methyl sites for hydroxylation is 1.